The minimum absolute atomic E-state index is 0.0150. The number of alkyl carbamates (subject to hydrolysis) is 1. The predicted molar refractivity (Wildman–Crippen MR) is 243 cm³/mol. The largest absolute Gasteiger partial charge is 0.497 e. The fraction of sp³-hybridized carbons (Fsp3) is 0.609. The number of sulfone groups is 1. The third kappa shape index (κ3) is 10.1. The zero-order chi connectivity index (χ0) is 45.9. The van der Waals surface area contributed by atoms with Gasteiger partial charge in [0.15, 0.2) is 20.8 Å². The number of likely N-dealkylation sites (tertiary alicyclic amines) is 1. The van der Waals surface area contributed by atoms with Gasteiger partial charge in [-0.1, -0.05) is 39.7 Å². The van der Waals surface area contributed by atoms with Gasteiger partial charge in [-0.15, -0.1) is 17.9 Å². The van der Waals surface area contributed by atoms with Crippen LogP contribution in [0.1, 0.15) is 100 Å². The Labute approximate surface area is 374 Å². The molecule has 342 valence electrons. The first kappa shape index (κ1) is 46.2. The first-order chi connectivity index (χ1) is 29.5. The second-order valence-electron chi connectivity index (χ2n) is 20.2. The molecule has 3 heterocycles. The van der Waals surface area contributed by atoms with E-state index in [0.717, 1.165) is 18.0 Å². The Morgan fingerprint density at radius 1 is 1.05 bits per heavy atom. The molecule has 3 aromatic rings. The molecule has 0 unspecified atom stereocenters. The summed E-state index contributed by atoms with van der Waals surface area (Å²) in [5.41, 5.74) is -1.43. The summed E-state index contributed by atoms with van der Waals surface area (Å²) in [7, 11) is -2.23. The number of aromatic nitrogens is 2. The summed E-state index contributed by atoms with van der Waals surface area (Å²) in [4.78, 5) is 68.0. The fourth-order valence-corrected chi connectivity index (χ4v) is 11.5. The topological polar surface area (TPSA) is 195 Å². The van der Waals surface area contributed by atoms with Gasteiger partial charge in [0.2, 0.25) is 11.8 Å². The number of nitrogens with zero attached hydrogens (tertiary/aromatic N) is 3. The second kappa shape index (κ2) is 17.0. The number of amides is 3. The van der Waals surface area contributed by atoms with E-state index in [-0.39, 0.29) is 25.4 Å². The number of anilines is 1. The molecule has 4 aliphatic rings. The molecular formula is C46H62N6O9S2. The van der Waals surface area contributed by atoms with Crippen LogP contribution in [0.15, 0.2) is 42.3 Å². The van der Waals surface area contributed by atoms with Crippen molar-refractivity contribution in [3.05, 3.63) is 42.3 Å². The maximum atomic E-state index is 14.9. The van der Waals surface area contributed by atoms with Crippen LogP contribution in [0.25, 0.3) is 22.3 Å². The number of pyridine rings is 1. The van der Waals surface area contributed by atoms with Crippen molar-refractivity contribution in [2.24, 2.45) is 17.3 Å². The highest BCUT2D eigenvalue weighted by molar-refractivity contribution is 7.93. The average Bonchev–Trinajstić information content (AvgIpc) is 4.16. The van der Waals surface area contributed by atoms with Gasteiger partial charge in [0.05, 0.1) is 29.6 Å². The van der Waals surface area contributed by atoms with E-state index < -0.39 is 84.7 Å². The molecule has 0 spiro atoms. The molecule has 15 nitrogen and oxygen atoms in total. The van der Waals surface area contributed by atoms with Crippen molar-refractivity contribution >= 4 is 60.9 Å². The molecule has 0 radical (unpaired) electrons. The van der Waals surface area contributed by atoms with E-state index in [2.05, 4.69) is 22.5 Å². The molecule has 2 aromatic heterocycles. The molecule has 1 aliphatic heterocycles. The number of hydrogen-bond acceptors (Lipinski definition) is 13. The third-order valence-electron chi connectivity index (χ3n) is 12.4. The summed E-state index contributed by atoms with van der Waals surface area (Å²) in [5, 5.41) is 12.3. The van der Waals surface area contributed by atoms with Crippen LogP contribution in [0.5, 0.6) is 11.5 Å². The van der Waals surface area contributed by atoms with Gasteiger partial charge in [-0.2, -0.15) is 0 Å². The van der Waals surface area contributed by atoms with E-state index in [1.54, 1.807) is 72.9 Å². The van der Waals surface area contributed by atoms with Crippen LogP contribution in [0.4, 0.5) is 9.93 Å². The number of carbonyl (C=O) groups excluding carboxylic acids is 4. The summed E-state index contributed by atoms with van der Waals surface area (Å²) < 4.78 is 44.6. The number of Topliss-reactive ketones (excluding diaryl/α,β-unsaturated/α-hetero) is 1. The van der Waals surface area contributed by atoms with Crippen LogP contribution in [-0.2, 0) is 29.0 Å². The molecule has 3 N–H and O–H groups in total. The second-order valence-corrected chi connectivity index (χ2v) is 23.4. The van der Waals surface area contributed by atoms with Gasteiger partial charge in [-0.05, 0) is 83.8 Å². The number of hydrogen-bond donors (Lipinski definition) is 3. The smallest absolute Gasteiger partial charge is 0.408 e. The number of ether oxygens (including phenoxy) is 3. The molecule has 4 fully saturated rings. The van der Waals surface area contributed by atoms with Crippen LogP contribution >= 0.6 is 11.3 Å². The van der Waals surface area contributed by atoms with E-state index in [1.165, 1.54) is 16.2 Å². The number of nitrogens with one attached hydrogen (secondary N) is 3. The molecular weight excluding hydrogens is 845 g/mol. The van der Waals surface area contributed by atoms with Crippen molar-refractivity contribution in [1.29, 1.82) is 0 Å². The van der Waals surface area contributed by atoms with Gasteiger partial charge in [0.1, 0.15) is 52.3 Å². The maximum absolute atomic E-state index is 14.9. The van der Waals surface area contributed by atoms with E-state index >= 15 is 0 Å². The van der Waals surface area contributed by atoms with E-state index in [4.69, 9.17) is 24.2 Å². The lowest BCUT2D eigenvalue weighted by Gasteiger charge is -2.36. The Kier molecular flexibility index (Phi) is 12.5. The number of benzene rings is 1. The van der Waals surface area contributed by atoms with Crippen LogP contribution in [0.3, 0.4) is 0 Å². The van der Waals surface area contributed by atoms with Crippen molar-refractivity contribution in [1.82, 2.24) is 25.5 Å². The van der Waals surface area contributed by atoms with E-state index in [1.807, 2.05) is 25.3 Å². The Hall–Kier alpha value is -4.77. The Morgan fingerprint density at radius 3 is 2.35 bits per heavy atom. The van der Waals surface area contributed by atoms with Crippen LogP contribution in [0.2, 0.25) is 0 Å². The molecule has 17 heteroatoms. The van der Waals surface area contributed by atoms with Gasteiger partial charge in [-0.25, -0.2) is 23.2 Å². The quantitative estimate of drug-likeness (QED) is 0.119. The van der Waals surface area contributed by atoms with Gasteiger partial charge in [0, 0.05) is 41.3 Å². The zero-order valence-corrected chi connectivity index (χ0v) is 39.5. The maximum Gasteiger partial charge on any atom is 0.408 e. The fourth-order valence-electron chi connectivity index (χ4n) is 8.52. The highest BCUT2D eigenvalue weighted by Crippen LogP contribution is 2.54. The molecule has 1 saturated heterocycles. The van der Waals surface area contributed by atoms with Crippen molar-refractivity contribution in [2.75, 3.05) is 24.7 Å². The normalized spacial score (nSPS) is 23.5. The predicted octanol–water partition coefficient (Wildman–Crippen LogP) is 6.85. The molecule has 7 rings (SSSR count). The molecule has 5 atom stereocenters. The summed E-state index contributed by atoms with van der Waals surface area (Å²) >= 11 is 1.45. The Morgan fingerprint density at radius 2 is 1.76 bits per heavy atom. The summed E-state index contributed by atoms with van der Waals surface area (Å²) in [6, 6.07) is 5.07. The lowest BCUT2D eigenvalue weighted by molar-refractivity contribution is -0.142. The van der Waals surface area contributed by atoms with Crippen molar-refractivity contribution in [3.63, 3.8) is 0 Å². The number of carbonyl (C=O) groups is 4. The molecule has 63 heavy (non-hydrogen) atoms. The first-order valence-electron chi connectivity index (χ1n) is 21.8. The lowest BCUT2D eigenvalue weighted by atomic mass is 9.85. The van der Waals surface area contributed by atoms with Gasteiger partial charge >= 0.3 is 6.09 Å². The Balaban J connectivity index is 1.21. The summed E-state index contributed by atoms with van der Waals surface area (Å²) in [5.74, 6) is -1.52. The zero-order valence-electron chi connectivity index (χ0n) is 37.8. The Bertz CT molecular complexity index is 2400. The number of thiazole rings is 1. The van der Waals surface area contributed by atoms with Gasteiger partial charge < -0.3 is 35.1 Å². The minimum Gasteiger partial charge on any atom is -0.497 e. The summed E-state index contributed by atoms with van der Waals surface area (Å²) in [6.45, 7) is 18.4. The van der Waals surface area contributed by atoms with E-state index in [0.29, 0.717) is 59.0 Å². The standard InChI is InChI=1S/C46H62N6O9S2/c1-11-28-22-46(28,37(53)25-63(57,58)45(16-17-45)21-27-12-13-27)51-39(54)35-19-30(23-52(35)40(55)38(43(4,5)6)50-42(56)61-44(7,8)9)60-36-20-33(34-24-62-41(49-34)47-26(2)3)48-32-18-29(59-10)14-15-31(32)36/h11,14-15,18,20,24,26-28,30,35,38H,1,12-13,16-17,19,21-23,25H2,2-10H3,(H,47,49)(H,50,56)(H,51,54)/t28-,30-,35+,38-,46-/m1/s1. The number of fused-ring (bicyclic) bond motifs is 1. The number of methoxy groups -OCH3 is 1. The first-order valence-corrected chi connectivity index (χ1v) is 24.4. The highest BCUT2D eigenvalue weighted by atomic mass is 32.2. The van der Waals surface area contributed by atoms with Crippen LogP contribution in [0, 0.1) is 17.3 Å². The van der Waals surface area contributed by atoms with Gasteiger partial charge in [0.25, 0.3) is 0 Å². The summed E-state index contributed by atoms with van der Waals surface area (Å²) in [6.07, 6.45) is 3.89. The van der Waals surface area contributed by atoms with E-state index in [9.17, 15) is 27.6 Å². The third-order valence-corrected chi connectivity index (χ3v) is 15.7. The lowest BCUT2D eigenvalue weighted by Crippen LogP contribution is -2.59. The minimum atomic E-state index is -3.79. The number of rotatable bonds is 17. The molecule has 3 aliphatic carbocycles. The number of ketones is 1. The van der Waals surface area contributed by atoms with Crippen LogP contribution < -0.4 is 25.4 Å². The van der Waals surface area contributed by atoms with Crippen LogP contribution in [-0.4, -0.2) is 107 Å². The molecule has 3 amide bonds. The highest BCUT2D eigenvalue weighted by Gasteiger charge is 2.63. The molecule has 0 bridgehead atoms. The molecule has 3 saturated carbocycles. The monoisotopic (exact) mass is 906 g/mol. The molecule has 1 aromatic carbocycles. The van der Waals surface area contributed by atoms with Crippen molar-refractivity contribution < 1.29 is 41.8 Å². The average molecular weight is 907 g/mol. The van der Waals surface area contributed by atoms with Crippen molar-refractivity contribution in [2.45, 2.75) is 140 Å². The van der Waals surface area contributed by atoms with Crippen molar-refractivity contribution in [3.8, 4) is 22.9 Å². The SMILES string of the molecule is C=C[C@@H]1C[C@]1(NC(=O)[C@@H]1C[C@@H](Oc2cc(-c3csc(NC(C)C)n3)nc3cc(OC)ccc23)CN1C(=O)[C@@H](NC(=O)OC(C)(C)C)C(C)(C)C)C(=O)CS(=O)(=O)C1(CC2CC2)CC1. The van der Waals surface area contributed by atoms with Gasteiger partial charge in [-0.3, -0.25) is 14.4 Å².